The Kier molecular flexibility index (Phi) is 3.64. The van der Waals surface area contributed by atoms with E-state index in [1.807, 2.05) is 24.3 Å². The molecule has 0 amide bonds. The van der Waals surface area contributed by atoms with Gasteiger partial charge in [-0.15, -0.1) is 13.2 Å². The number of rotatable bonds is 4. The molecule has 1 heterocycles. The summed E-state index contributed by atoms with van der Waals surface area (Å²) in [5.74, 6) is 0. The first-order valence-corrected chi connectivity index (χ1v) is 6.20. The lowest BCUT2D eigenvalue weighted by atomic mass is 9.86. The van der Waals surface area contributed by atoms with Crippen LogP contribution in [0.3, 0.4) is 0 Å². The minimum Gasteiger partial charge on any atom is -0.398 e. The molecule has 2 rings (SSSR count). The maximum absolute atomic E-state index is 6.09. The fourth-order valence-electron chi connectivity index (χ4n) is 2.73. The van der Waals surface area contributed by atoms with E-state index in [1.165, 1.54) is 11.1 Å². The van der Waals surface area contributed by atoms with Gasteiger partial charge in [0.25, 0.3) is 0 Å². The van der Waals surface area contributed by atoms with E-state index in [-0.39, 0.29) is 0 Å². The number of benzene rings is 1. The second-order valence-corrected chi connectivity index (χ2v) is 4.73. The van der Waals surface area contributed by atoms with Gasteiger partial charge in [-0.1, -0.05) is 24.3 Å². The minimum atomic E-state index is 0.463. The first-order valence-electron chi connectivity index (χ1n) is 6.20. The van der Waals surface area contributed by atoms with Crippen molar-refractivity contribution in [3.05, 3.63) is 54.6 Å². The average molecular weight is 229 g/mol. The van der Waals surface area contributed by atoms with Crippen molar-refractivity contribution in [2.24, 2.45) is 0 Å². The van der Waals surface area contributed by atoms with Crippen molar-refractivity contribution in [1.82, 2.24) is 0 Å². The lowest BCUT2D eigenvalue weighted by Crippen LogP contribution is -2.92. The van der Waals surface area contributed by atoms with Crippen molar-refractivity contribution in [3.8, 4) is 0 Å². The van der Waals surface area contributed by atoms with Crippen molar-refractivity contribution in [3.63, 3.8) is 0 Å². The van der Waals surface area contributed by atoms with Crippen LogP contribution in [-0.2, 0) is 6.42 Å². The molecule has 90 valence electrons. The monoisotopic (exact) mass is 229 g/mol. The molecule has 1 aromatic rings. The van der Waals surface area contributed by atoms with E-state index >= 15 is 0 Å². The Bertz CT molecular complexity index is 423. The third-order valence-corrected chi connectivity index (χ3v) is 3.51. The van der Waals surface area contributed by atoms with Gasteiger partial charge < -0.3 is 11.1 Å². The molecule has 1 aliphatic heterocycles. The Morgan fingerprint density at radius 1 is 1.29 bits per heavy atom. The second kappa shape index (κ2) is 5.19. The highest BCUT2D eigenvalue weighted by molar-refractivity contribution is 5.52. The van der Waals surface area contributed by atoms with Gasteiger partial charge >= 0.3 is 0 Å². The van der Waals surface area contributed by atoms with Crippen LogP contribution in [-0.4, -0.2) is 6.04 Å². The molecule has 0 radical (unpaired) electrons. The average Bonchev–Trinajstić information content (AvgIpc) is 2.31. The Hall–Kier alpha value is -1.54. The molecule has 17 heavy (non-hydrogen) atoms. The van der Waals surface area contributed by atoms with Crippen LogP contribution >= 0.6 is 0 Å². The predicted molar refractivity (Wildman–Crippen MR) is 72.6 cm³/mol. The summed E-state index contributed by atoms with van der Waals surface area (Å²) < 4.78 is 0. The van der Waals surface area contributed by atoms with E-state index in [4.69, 9.17) is 5.73 Å². The Morgan fingerprint density at radius 2 is 2.06 bits per heavy atom. The molecule has 4 N–H and O–H groups in total. The number of hydrogen-bond donors (Lipinski definition) is 2. The number of nitrogen functional groups attached to an aromatic ring is 1. The van der Waals surface area contributed by atoms with Crippen LogP contribution in [0.2, 0.25) is 0 Å². The van der Waals surface area contributed by atoms with Gasteiger partial charge in [-0.3, -0.25) is 0 Å². The molecule has 2 nitrogen and oxygen atoms in total. The molecule has 1 aliphatic rings. The molecular formula is C15H21N2+. The Morgan fingerprint density at radius 3 is 2.76 bits per heavy atom. The van der Waals surface area contributed by atoms with Crippen LogP contribution < -0.4 is 11.1 Å². The number of anilines is 1. The molecule has 0 fully saturated rings. The van der Waals surface area contributed by atoms with Gasteiger partial charge in [-0.05, 0) is 11.6 Å². The van der Waals surface area contributed by atoms with Gasteiger partial charge in [-0.2, -0.15) is 0 Å². The number of nitrogens with two attached hydrogens (primary N) is 2. The highest BCUT2D eigenvalue weighted by Gasteiger charge is 2.29. The maximum atomic E-state index is 6.09. The molecule has 0 aromatic heterocycles. The SMILES string of the molecule is C=CC[C@H]1Cc2c(N)cccc2[C@@H](CC=C)[NH2+]1. The summed E-state index contributed by atoms with van der Waals surface area (Å²) in [5, 5.41) is 2.44. The van der Waals surface area contributed by atoms with Crippen molar-refractivity contribution < 1.29 is 5.32 Å². The van der Waals surface area contributed by atoms with E-state index in [1.54, 1.807) is 0 Å². The molecule has 0 saturated heterocycles. The van der Waals surface area contributed by atoms with Crippen molar-refractivity contribution >= 4 is 5.69 Å². The standard InChI is InChI=1S/C15H20N2/c1-3-6-11-10-13-12(8-5-9-14(13)16)15(17-11)7-4-2/h3-5,8-9,11,15,17H,1-2,6-7,10,16H2/p+1/t11-,15+/m0/s1. The van der Waals surface area contributed by atoms with E-state index in [2.05, 4.69) is 24.5 Å². The van der Waals surface area contributed by atoms with E-state index in [9.17, 15) is 0 Å². The van der Waals surface area contributed by atoms with Crippen LogP contribution in [0.1, 0.15) is 30.0 Å². The fraction of sp³-hybridized carbons (Fsp3) is 0.333. The zero-order valence-corrected chi connectivity index (χ0v) is 10.2. The van der Waals surface area contributed by atoms with Gasteiger partial charge in [0.1, 0.15) is 6.04 Å². The van der Waals surface area contributed by atoms with Crippen LogP contribution in [0.5, 0.6) is 0 Å². The van der Waals surface area contributed by atoms with Crippen molar-refractivity contribution in [2.75, 3.05) is 5.73 Å². The Labute approximate surface area is 103 Å². The van der Waals surface area contributed by atoms with Gasteiger partial charge in [0.2, 0.25) is 0 Å². The number of fused-ring (bicyclic) bond motifs is 1. The molecule has 2 atom stereocenters. The highest BCUT2D eigenvalue weighted by atomic mass is 15.0. The predicted octanol–water partition coefficient (Wildman–Crippen LogP) is 1.95. The molecule has 0 unspecified atom stereocenters. The molecule has 0 saturated carbocycles. The molecule has 0 bridgehead atoms. The zero-order valence-electron chi connectivity index (χ0n) is 10.2. The molecule has 0 aliphatic carbocycles. The summed E-state index contributed by atoms with van der Waals surface area (Å²) >= 11 is 0. The Balaban J connectivity index is 2.34. The quantitative estimate of drug-likeness (QED) is 0.601. The number of hydrogen-bond acceptors (Lipinski definition) is 1. The first-order chi connectivity index (χ1) is 8.26. The third-order valence-electron chi connectivity index (χ3n) is 3.51. The molecule has 2 heteroatoms. The zero-order chi connectivity index (χ0) is 12.3. The van der Waals surface area contributed by atoms with Crippen LogP contribution in [0.15, 0.2) is 43.5 Å². The largest absolute Gasteiger partial charge is 0.398 e. The maximum Gasteiger partial charge on any atom is 0.116 e. The fourth-order valence-corrected chi connectivity index (χ4v) is 2.73. The summed E-state index contributed by atoms with van der Waals surface area (Å²) in [6.45, 7) is 7.68. The lowest BCUT2D eigenvalue weighted by molar-refractivity contribution is -0.730. The van der Waals surface area contributed by atoms with Crippen LogP contribution in [0.4, 0.5) is 5.69 Å². The van der Waals surface area contributed by atoms with Gasteiger partial charge in [-0.25, -0.2) is 0 Å². The van der Waals surface area contributed by atoms with Gasteiger partial charge in [0.05, 0.1) is 6.04 Å². The lowest BCUT2D eigenvalue weighted by Gasteiger charge is -2.30. The number of quaternary nitrogens is 1. The first kappa shape index (κ1) is 11.9. The summed E-state index contributed by atoms with van der Waals surface area (Å²) in [4.78, 5) is 0. The molecule has 0 spiro atoms. The minimum absolute atomic E-state index is 0.463. The normalized spacial score (nSPS) is 22.8. The summed E-state index contributed by atoms with van der Waals surface area (Å²) in [7, 11) is 0. The van der Waals surface area contributed by atoms with E-state index < -0.39 is 0 Å². The molecule has 1 aromatic carbocycles. The summed E-state index contributed by atoms with van der Waals surface area (Å²) in [6, 6.07) is 7.27. The van der Waals surface area contributed by atoms with Crippen molar-refractivity contribution in [1.29, 1.82) is 0 Å². The van der Waals surface area contributed by atoms with Crippen LogP contribution in [0.25, 0.3) is 0 Å². The summed E-state index contributed by atoms with van der Waals surface area (Å²) in [6.07, 6.45) is 7.05. The smallest absolute Gasteiger partial charge is 0.116 e. The van der Waals surface area contributed by atoms with Crippen LogP contribution in [0, 0.1) is 0 Å². The topological polar surface area (TPSA) is 42.6 Å². The van der Waals surface area contributed by atoms with Gasteiger partial charge in [0, 0.05) is 30.5 Å². The summed E-state index contributed by atoms with van der Waals surface area (Å²) in [5.41, 5.74) is 9.73. The second-order valence-electron chi connectivity index (χ2n) is 4.73. The van der Waals surface area contributed by atoms with Crippen molar-refractivity contribution in [2.45, 2.75) is 31.3 Å². The van der Waals surface area contributed by atoms with E-state index in [0.29, 0.717) is 12.1 Å². The van der Waals surface area contributed by atoms with E-state index in [0.717, 1.165) is 24.9 Å². The highest BCUT2D eigenvalue weighted by Crippen LogP contribution is 2.28. The third kappa shape index (κ3) is 2.42. The van der Waals surface area contributed by atoms with Gasteiger partial charge in [0.15, 0.2) is 0 Å². The molecular weight excluding hydrogens is 208 g/mol.